The van der Waals surface area contributed by atoms with Gasteiger partial charge < -0.3 is 19.5 Å². The van der Waals surface area contributed by atoms with Crippen molar-refractivity contribution in [2.75, 3.05) is 18.1 Å². The molecule has 0 unspecified atom stereocenters. The molecule has 7 nitrogen and oxygen atoms in total. The molecule has 13 heteroatoms. The van der Waals surface area contributed by atoms with Crippen molar-refractivity contribution in [1.82, 2.24) is 4.31 Å². The number of hydrogen-bond acceptors (Lipinski definition) is 6. The van der Waals surface area contributed by atoms with Crippen LogP contribution in [0.1, 0.15) is 16.7 Å². The molecule has 0 spiro atoms. The van der Waals surface area contributed by atoms with Gasteiger partial charge in [-0.2, -0.15) is 4.31 Å². The fourth-order valence-electron chi connectivity index (χ4n) is 6.07. The van der Waals surface area contributed by atoms with Gasteiger partial charge in [0.2, 0.25) is 10.0 Å². The van der Waals surface area contributed by atoms with E-state index in [-0.39, 0.29) is 24.7 Å². The first kappa shape index (κ1) is 31.9. The molecule has 0 amide bonds. The minimum absolute atomic E-state index is 0.0337. The molecule has 0 saturated carbocycles. The summed E-state index contributed by atoms with van der Waals surface area (Å²) in [5.74, 6) is -1.50. The quantitative estimate of drug-likeness (QED) is 0.241. The Balaban J connectivity index is 1.41. The molecule has 2 aliphatic heterocycles. The Morgan fingerprint density at radius 3 is 2.00 bits per heavy atom. The Kier molecular flexibility index (Phi) is 8.77. The summed E-state index contributed by atoms with van der Waals surface area (Å²) in [6, 6.07) is 18.9. The van der Waals surface area contributed by atoms with E-state index < -0.39 is 52.0 Å². The highest BCUT2D eigenvalue weighted by Crippen LogP contribution is 2.41. The van der Waals surface area contributed by atoms with Crippen molar-refractivity contribution in [2.45, 2.75) is 48.8 Å². The van der Waals surface area contributed by atoms with Gasteiger partial charge in [0, 0.05) is 17.9 Å². The molecule has 6 rings (SSSR count). The van der Waals surface area contributed by atoms with Crippen LogP contribution in [0.15, 0.2) is 95.9 Å². The predicted molar refractivity (Wildman–Crippen MR) is 159 cm³/mol. The van der Waals surface area contributed by atoms with Crippen molar-refractivity contribution < 1.29 is 45.0 Å². The van der Waals surface area contributed by atoms with E-state index in [9.17, 15) is 35.5 Å². The standard InChI is InChI=1S/C33H29F5N2O5S/c34-24-8-14-28-22(16-24)6-7-23-17-25(35)9-15-29(23)40(28)31-20-44-19-30(32(31)41)39(18-21-4-2-1-3-5-21)46(42,43)27-12-10-26(11-13-27)45-33(36,37)38/h1-5,8-17,30-32,41H,6-7,18-20H2/t30-,31+,32+/m0/s1. The molecular formula is C33H29F5N2O5S. The third kappa shape index (κ3) is 6.59. The molecule has 3 atom stereocenters. The number of nitrogens with zero attached hydrogens (tertiary/aromatic N) is 2. The third-order valence-electron chi connectivity index (χ3n) is 8.18. The van der Waals surface area contributed by atoms with E-state index >= 15 is 0 Å². The van der Waals surface area contributed by atoms with E-state index in [4.69, 9.17) is 4.74 Å². The molecule has 2 heterocycles. The first-order chi connectivity index (χ1) is 21.9. The van der Waals surface area contributed by atoms with E-state index in [2.05, 4.69) is 4.74 Å². The number of anilines is 2. The molecule has 1 fully saturated rings. The monoisotopic (exact) mass is 660 g/mol. The number of hydrogen-bond donors (Lipinski definition) is 1. The molecule has 1 saturated heterocycles. The summed E-state index contributed by atoms with van der Waals surface area (Å²) in [5, 5.41) is 12.0. The highest BCUT2D eigenvalue weighted by Gasteiger charge is 2.45. The normalized spacial score (nSPS) is 20.2. The summed E-state index contributed by atoms with van der Waals surface area (Å²) in [5.41, 5.74) is 2.98. The maximum Gasteiger partial charge on any atom is 0.573 e. The average molecular weight is 661 g/mol. The Hall–Kier alpha value is -4.04. The molecule has 0 aromatic heterocycles. The number of halogens is 5. The molecule has 46 heavy (non-hydrogen) atoms. The average Bonchev–Trinajstić information content (AvgIpc) is 3.16. The summed E-state index contributed by atoms with van der Waals surface area (Å²) in [4.78, 5) is 1.44. The zero-order valence-electron chi connectivity index (χ0n) is 24.2. The van der Waals surface area contributed by atoms with E-state index in [1.165, 1.54) is 24.3 Å². The number of aryl methyl sites for hydroxylation is 2. The van der Waals surface area contributed by atoms with E-state index in [0.717, 1.165) is 28.6 Å². The molecule has 0 bridgehead atoms. The SMILES string of the molecule is O=S(=O)(c1ccc(OC(F)(F)F)cc1)N(Cc1ccccc1)[C@H]1COC[C@@H](N2c3ccc(F)cc3CCc3cc(F)ccc32)[C@@H]1O. The van der Waals surface area contributed by atoms with Gasteiger partial charge in [-0.05, 0) is 90.2 Å². The molecular weight excluding hydrogens is 631 g/mol. The number of fused-ring (bicyclic) bond motifs is 2. The van der Waals surface area contributed by atoms with Gasteiger partial charge in [-0.25, -0.2) is 17.2 Å². The van der Waals surface area contributed by atoms with Crippen LogP contribution in [0.3, 0.4) is 0 Å². The summed E-state index contributed by atoms with van der Waals surface area (Å²) in [7, 11) is -4.45. The zero-order chi connectivity index (χ0) is 32.6. The van der Waals surface area contributed by atoms with Gasteiger partial charge in [0.05, 0.1) is 36.3 Å². The number of alkyl halides is 3. The van der Waals surface area contributed by atoms with Crippen LogP contribution in [-0.2, 0) is 34.1 Å². The Labute approximate surface area is 262 Å². The minimum atomic E-state index is -4.96. The van der Waals surface area contributed by atoms with Gasteiger partial charge in [-0.3, -0.25) is 0 Å². The van der Waals surface area contributed by atoms with Crippen LogP contribution >= 0.6 is 0 Å². The Bertz CT molecular complexity index is 1750. The number of aliphatic hydroxyl groups is 1. The van der Waals surface area contributed by atoms with Gasteiger partial charge in [-0.15, -0.1) is 13.2 Å². The number of rotatable bonds is 7. The van der Waals surface area contributed by atoms with E-state index in [0.29, 0.717) is 40.9 Å². The van der Waals surface area contributed by atoms with Crippen LogP contribution in [0.4, 0.5) is 33.3 Å². The van der Waals surface area contributed by atoms with Crippen molar-refractivity contribution in [1.29, 1.82) is 0 Å². The van der Waals surface area contributed by atoms with Crippen molar-refractivity contribution in [3.63, 3.8) is 0 Å². The molecule has 242 valence electrons. The summed E-state index contributed by atoms with van der Waals surface area (Å²) < 4.78 is 106. The summed E-state index contributed by atoms with van der Waals surface area (Å²) in [6.07, 6.45) is -5.54. The topological polar surface area (TPSA) is 79.3 Å². The van der Waals surface area contributed by atoms with Crippen LogP contribution in [0.5, 0.6) is 5.75 Å². The highest BCUT2D eigenvalue weighted by molar-refractivity contribution is 7.89. The molecule has 4 aromatic carbocycles. The van der Waals surface area contributed by atoms with Gasteiger partial charge in [-0.1, -0.05) is 30.3 Å². The van der Waals surface area contributed by atoms with Gasteiger partial charge in [0.15, 0.2) is 0 Å². The zero-order valence-corrected chi connectivity index (χ0v) is 25.0. The van der Waals surface area contributed by atoms with E-state index in [1.807, 2.05) is 0 Å². The smallest absolute Gasteiger partial charge is 0.406 e. The second-order valence-electron chi connectivity index (χ2n) is 11.1. The number of aliphatic hydroxyl groups excluding tert-OH is 1. The second kappa shape index (κ2) is 12.6. The third-order valence-corrected chi connectivity index (χ3v) is 10.1. The number of sulfonamides is 1. The van der Waals surface area contributed by atoms with Crippen molar-refractivity contribution in [2.24, 2.45) is 0 Å². The largest absolute Gasteiger partial charge is 0.573 e. The van der Waals surface area contributed by atoms with Crippen molar-refractivity contribution in [3.05, 3.63) is 119 Å². The predicted octanol–water partition coefficient (Wildman–Crippen LogP) is 6.12. The lowest BCUT2D eigenvalue weighted by atomic mass is 9.97. The lowest BCUT2D eigenvalue weighted by Crippen LogP contribution is -2.61. The van der Waals surface area contributed by atoms with E-state index in [1.54, 1.807) is 47.4 Å². The molecule has 0 radical (unpaired) electrons. The van der Waals surface area contributed by atoms with Gasteiger partial charge in [0.1, 0.15) is 17.4 Å². The van der Waals surface area contributed by atoms with Gasteiger partial charge in [0.25, 0.3) is 0 Å². The Morgan fingerprint density at radius 2 is 1.43 bits per heavy atom. The maximum absolute atomic E-state index is 14.3. The maximum atomic E-state index is 14.3. The van der Waals surface area contributed by atoms with Gasteiger partial charge >= 0.3 is 6.36 Å². The van der Waals surface area contributed by atoms with Crippen LogP contribution in [-0.4, -0.2) is 55.6 Å². The molecule has 4 aromatic rings. The number of ether oxygens (including phenoxy) is 2. The fourth-order valence-corrected chi connectivity index (χ4v) is 7.68. The van der Waals surface area contributed by atoms with Crippen molar-refractivity contribution >= 4 is 21.4 Å². The molecule has 1 N–H and O–H groups in total. The first-order valence-electron chi connectivity index (χ1n) is 14.4. The number of benzene rings is 4. The fraction of sp³-hybridized carbons (Fsp3) is 0.273. The van der Waals surface area contributed by atoms with Crippen LogP contribution in [0.2, 0.25) is 0 Å². The van der Waals surface area contributed by atoms with Crippen molar-refractivity contribution in [3.8, 4) is 5.75 Å². The second-order valence-corrected chi connectivity index (χ2v) is 13.0. The van der Waals surface area contributed by atoms with Crippen LogP contribution in [0.25, 0.3) is 0 Å². The lowest BCUT2D eigenvalue weighted by Gasteiger charge is -2.45. The Morgan fingerprint density at radius 1 is 0.848 bits per heavy atom. The molecule has 0 aliphatic carbocycles. The first-order valence-corrected chi connectivity index (χ1v) is 15.9. The highest BCUT2D eigenvalue weighted by atomic mass is 32.2. The lowest BCUT2D eigenvalue weighted by molar-refractivity contribution is -0.274. The summed E-state index contributed by atoms with van der Waals surface area (Å²) >= 11 is 0. The molecule has 2 aliphatic rings. The van der Waals surface area contributed by atoms with Crippen LogP contribution < -0.4 is 9.64 Å². The minimum Gasteiger partial charge on any atom is -0.406 e. The summed E-state index contributed by atoms with van der Waals surface area (Å²) in [6.45, 7) is -0.418. The van der Waals surface area contributed by atoms with Crippen LogP contribution in [0, 0.1) is 11.6 Å².